The summed E-state index contributed by atoms with van der Waals surface area (Å²) in [7, 11) is -1.28. The van der Waals surface area contributed by atoms with E-state index in [2.05, 4.69) is 5.32 Å². The Kier molecular flexibility index (Phi) is 6.21. The molecule has 0 spiro atoms. The standard InChI is InChI=1S/C13H17NO4S/c1-10(15)14-12(13(16)17)9-19(18)8-7-11-5-3-2-4-6-11/h2-6,12H,7-9H2,1H3,(H,14,15)(H,16,17)/t12-,19?/m0/s1. The number of hydrogen-bond donors (Lipinski definition) is 2. The third kappa shape index (κ3) is 6.15. The summed E-state index contributed by atoms with van der Waals surface area (Å²) in [5.41, 5.74) is 1.06. The number of benzene rings is 1. The molecule has 0 aromatic heterocycles. The van der Waals surface area contributed by atoms with Crippen molar-refractivity contribution in [2.45, 2.75) is 19.4 Å². The fourth-order valence-corrected chi connectivity index (χ4v) is 2.79. The van der Waals surface area contributed by atoms with E-state index in [4.69, 9.17) is 5.11 Å². The summed E-state index contributed by atoms with van der Waals surface area (Å²) in [5.74, 6) is -1.29. The monoisotopic (exact) mass is 283 g/mol. The maximum Gasteiger partial charge on any atom is 0.327 e. The van der Waals surface area contributed by atoms with E-state index >= 15 is 0 Å². The van der Waals surface area contributed by atoms with Gasteiger partial charge in [-0.1, -0.05) is 30.3 Å². The Morgan fingerprint density at radius 1 is 1.32 bits per heavy atom. The molecule has 0 heterocycles. The first-order valence-electron chi connectivity index (χ1n) is 5.88. The Labute approximate surface area is 114 Å². The fourth-order valence-electron chi connectivity index (χ4n) is 1.57. The molecule has 0 radical (unpaired) electrons. The van der Waals surface area contributed by atoms with E-state index in [-0.39, 0.29) is 5.75 Å². The summed E-state index contributed by atoms with van der Waals surface area (Å²) >= 11 is 0. The average Bonchev–Trinajstić information content (AvgIpc) is 2.36. The number of carboxylic acid groups (broad SMARTS) is 1. The molecule has 1 aromatic carbocycles. The molecule has 19 heavy (non-hydrogen) atoms. The molecule has 6 heteroatoms. The van der Waals surface area contributed by atoms with Gasteiger partial charge in [0.1, 0.15) is 6.04 Å². The van der Waals surface area contributed by atoms with Crippen molar-refractivity contribution in [1.82, 2.24) is 5.32 Å². The van der Waals surface area contributed by atoms with E-state index in [0.717, 1.165) is 5.56 Å². The SMILES string of the molecule is CC(=O)N[C@@H](CS(=O)CCc1ccccc1)C(=O)O. The molecule has 2 atom stereocenters. The molecule has 0 fully saturated rings. The third-order valence-corrected chi connectivity index (χ3v) is 3.85. The summed E-state index contributed by atoms with van der Waals surface area (Å²) in [5, 5.41) is 11.2. The zero-order chi connectivity index (χ0) is 14.3. The third-order valence-electron chi connectivity index (χ3n) is 2.49. The van der Waals surface area contributed by atoms with Crippen molar-refractivity contribution >= 4 is 22.7 Å². The Balaban J connectivity index is 2.45. The van der Waals surface area contributed by atoms with E-state index in [9.17, 15) is 13.8 Å². The van der Waals surface area contributed by atoms with Gasteiger partial charge in [-0.3, -0.25) is 9.00 Å². The second-order valence-corrected chi connectivity index (χ2v) is 5.76. The highest BCUT2D eigenvalue weighted by atomic mass is 32.2. The zero-order valence-corrected chi connectivity index (χ0v) is 11.5. The second-order valence-electron chi connectivity index (χ2n) is 4.14. The van der Waals surface area contributed by atoms with Crippen LogP contribution >= 0.6 is 0 Å². The molecule has 104 valence electrons. The number of rotatable bonds is 7. The number of nitrogens with one attached hydrogen (secondary N) is 1. The maximum absolute atomic E-state index is 11.8. The van der Waals surface area contributed by atoms with Crippen LogP contribution in [0.25, 0.3) is 0 Å². The van der Waals surface area contributed by atoms with E-state index in [1.54, 1.807) is 0 Å². The number of carboxylic acids is 1. The van der Waals surface area contributed by atoms with Crippen molar-refractivity contribution in [3.8, 4) is 0 Å². The molecule has 0 aliphatic heterocycles. The molecular formula is C13H17NO4S. The summed E-state index contributed by atoms with van der Waals surface area (Å²) < 4.78 is 11.8. The van der Waals surface area contributed by atoms with Gasteiger partial charge in [-0.15, -0.1) is 0 Å². The first-order valence-corrected chi connectivity index (χ1v) is 7.36. The van der Waals surface area contributed by atoms with Gasteiger partial charge in [-0.25, -0.2) is 4.79 Å². The average molecular weight is 283 g/mol. The number of aliphatic carboxylic acids is 1. The minimum Gasteiger partial charge on any atom is -0.480 e. The van der Waals surface area contributed by atoms with Crippen LogP contribution in [0.3, 0.4) is 0 Å². The van der Waals surface area contributed by atoms with Gasteiger partial charge in [0.15, 0.2) is 0 Å². The topological polar surface area (TPSA) is 83.5 Å². The number of amides is 1. The normalized spacial score (nSPS) is 13.5. The molecule has 0 saturated heterocycles. The number of carbonyl (C=O) groups excluding carboxylic acids is 1. The van der Waals surface area contributed by atoms with Crippen molar-refractivity contribution in [3.63, 3.8) is 0 Å². The van der Waals surface area contributed by atoms with Crippen LogP contribution in [0.5, 0.6) is 0 Å². The van der Waals surface area contributed by atoms with Gasteiger partial charge in [-0.05, 0) is 12.0 Å². The summed E-state index contributed by atoms with van der Waals surface area (Å²) in [6.07, 6.45) is 0.625. The van der Waals surface area contributed by atoms with Gasteiger partial charge < -0.3 is 10.4 Å². The minimum absolute atomic E-state index is 0.0677. The van der Waals surface area contributed by atoms with Crippen molar-refractivity contribution in [2.24, 2.45) is 0 Å². The lowest BCUT2D eigenvalue weighted by atomic mass is 10.2. The molecule has 2 N–H and O–H groups in total. The molecule has 5 nitrogen and oxygen atoms in total. The van der Waals surface area contributed by atoms with Crippen molar-refractivity contribution < 1.29 is 18.9 Å². The highest BCUT2D eigenvalue weighted by molar-refractivity contribution is 7.85. The van der Waals surface area contributed by atoms with E-state index in [1.165, 1.54) is 6.92 Å². The number of hydrogen-bond acceptors (Lipinski definition) is 3. The predicted octanol–water partition coefficient (Wildman–Crippen LogP) is 0.567. The smallest absolute Gasteiger partial charge is 0.327 e. The molecule has 1 unspecified atom stereocenters. The summed E-state index contributed by atoms with van der Waals surface area (Å²) in [6, 6.07) is 8.47. The molecule has 1 rings (SSSR count). The Hall–Kier alpha value is -1.69. The van der Waals surface area contributed by atoms with Crippen molar-refractivity contribution in [3.05, 3.63) is 35.9 Å². The van der Waals surface area contributed by atoms with Crippen LogP contribution in [-0.4, -0.2) is 38.7 Å². The van der Waals surface area contributed by atoms with Crippen LogP contribution in [0.1, 0.15) is 12.5 Å². The van der Waals surface area contributed by atoms with Gasteiger partial charge in [-0.2, -0.15) is 0 Å². The highest BCUT2D eigenvalue weighted by Crippen LogP contribution is 2.01. The summed E-state index contributed by atoms with van der Waals surface area (Å²) in [4.78, 5) is 21.7. The van der Waals surface area contributed by atoms with Crippen LogP contribution in [0, 0.1) is 0 Å². The second kappa shape index (κ2) is 7.68. The Bertz CT molecular complexity index is 461. The van der Waals surface area contributed by atoms with Crippen LogP contribution in [0.15, 0.2) is 30.3 Å². The predicted molar refractivity (Wildman–Crippen MR) is 73.3 cm³/mol. The minimum atomic E-state index is -1.28. The van der Waals surface area contributed by atoms with Crippen molar-refractivity contribution in [2.75, 3.05) is 11.5 Å². The molecule has 0 bridgehead atoms. The molecular weight excluding hydrogens is 266 g/mol. The van der Waals surface area contributed by atoms with E-state index < -0.39 is 28.7 Å². The number of aryl methyl sites for hydroxylation is 1. The number of carbonyl (C=O) groups is 2. The van der Waals surface area contributed by atoms with Gasteiger partial charge >= 0.3 is 5.97 Å². The van der Waals surface area contributed by atoms with Gasteiger partial charge in [0.05, 0.1) is 5.75 Å². The summed E-state index contributed by atoms with van der Waals surface area (Å²) in [6.45, 7) is 1.24. The first-order chi connectivity index (χ1) is 8.99. The van der Waals surface area contributed by atoms with E-state index in [1.807, 2.05) is 30.3 Å². The Morgan fingerprint density at radius 2 is 1.95 bits per heavy atom. The van der Waals surface area contributed by atoms with Gasteiger partial charge in [0.25, 0.3) is 0 Å². The quantitative estimate of drug-likeness (QED) is 0.766. The maximum atomic E-state index is 11.8. The Morgan fingerprint density at radius 3 is 2.47 bits per heavy atom. The molecule has 0 aliphatic carbocycles. The van der Waals surface area contributed by atoms with Crippen LogP contribution in [0.2, 0.25) is 0 Å². The van der Waals surface area contributed by atoms with Crippen LogP contribution in [-0.2, 0) is 26.8 Å². The molecule has 0 saturated carbocycles. The lowest BCUT2D eigenvalue weighted by Gasteiger charge is -2.12. The van der Waals surface area contributed by atoms with E-state index in [0.29, 0.717) is 12.2 Å². The van der Waals surface area contributed by atoms with Crippen LogP contribution < -0.4 is 5.32 Å². The zero-order valence-electron chi connectivity index (χ0n) is 10.7. The molecule has 1 aromatic rings. The molecule has 1 amide bonds. The molecule has 0 aliphatic rings. The lowest BCUT2D eigenvalue weighted by molar-refractivity contribution is -0.140. The largest absolute Gasteiger partial charge is 0.480 e. The van der Waals surface area contributed by atoms with Crippen molar-refractivity contribution in [1.29, 1.82) is 0 Å². The highest BCUT2D eigenvalue weighted by Gasteiger charge is 2.20. The van der Waals surface area contributed by atoms with Crippen LogP contribution in [0.4, 0.5) is 0 Å². The lowest BCUT2D eigenvalue weighted by Crippen LogP contribution is -2.43. The van der Waals surface area contributed by atoms with Gasteiger partial charge in [0, 0.05) is 23.5 Å². The van der Waals surface area contributed by atoms with Gasteiger partial charge in [0.2, 0.25) is 5.91 Å². The fraction of sp³-hybridized carbons (Fsp3) is 0.385. The first kappa shape index (κ1) is 15.4.